The third kappa shape index (κ3) is 8.16. The standard InChI is InChI=1S/C17H23ClN2.C2H2O4/c1-2-3-4-5-8-15(13-20-12-11-19-14-20)16-9-6-7-10-17(16)18;3-1(4)2(5)6/h6-7,9-12,14-15H,2-5,8,13H2,1H3;(H,3,4)(H,5,6). The predicted octanol–water partition coefficient (Wildman–Crippen LogP) is 4.45. The molecule has 142 valence electrons. The van der Waals surface area contributed by atoms with E-state index in [2.05, 4.69) is 28.6 Å². The van der Waals surface area contributed by atoms with Crippen LogP contribution in [0.1, 0.15) is 50.5 Å². The van der Waals surface area contributed by atoms with E-state index >= 15 is 0 Å². The largest absolute Gasteiger partial charge is 0.473 e. The summed E-state index contributed by atoms with van der Waals surface area (Å²) in [4.78, 5) is 22.3. The van der Waals surface area contributed by atoms with Crippen molar-refractivity contribution in [3.63, 3.8) is 0 Å². The van der Waals surface area contributed by atoms with Gasteiger partial charge in [-0.05, 0) is 18.1 Å². The van der Waals surface area contributed by atoms with E-state index in [1.165, 1.54) is 37.7 Å². The summed E-state index contributed by atoms with van der Waals surface area (Å²) in [6, 6.07) is 8.22. The molecule has 1 aromatic heterocycles. The Morgan fingerprint density at radius 1 is 1.15 bits per heavy atom. The molecule has 1 heterocycles. The monoisotopic (exact) mass is 380 g/mol. The third-order valence-corrected chi connectivity index (χ3v) is 4.27. The van der Waals surface area contributed by atoms with E-state index in [-0.39, 0.29) is 0 Å². The Hall–Kier alpha value is -2.34. The van der Waals surface area contributed by atoms with Gasteiger partial charge in [0.2, 0.25) is 0 Å². The Bertz CT molecular complexity index is 662. The molecule has 0 aliphatic heterocycles. The lowest BCUT2D eigenvalue weighted by atomic mass is 9.92. The molecule has 2 rings (SSSR count). The van der Waals surface area contributed by atoms with E-state index < -0.39 is 11.9 Å². The first-order valence-electron chi connectivity index (χ1n) is 8.62. The first kappa shape index (κ1) is 21.7. The van der Waals surface area contributed by atoms with Crippen LogP contribution in [0, 0.1) is 0 Å². The molecule has 0 spiro atoms. The highest BCUT2D eigenvalue weighted by atomic mass is 35.5. The molecule has 7 heteroatoms. The minimum atomic E-state index is -1.82. The number of carboxylic acids is 2. The van der Waals surface area contributed by atoms with Crippen molar-refractivity contribution in [1.29, 1.82) is 0 Å². The van der Waals surface area contributed by atoms with Gasteiger partial charge in [0.1, 0.15) is 0 Å². The molecule has 0 fully saturated rings. The number of benzene rings is 1. The maximum Gasteiger partial charge on any atom is 0.414 e. The fourth-order valence-corrected chi connectivity index (χ4v) is 2.91. The summed E-state index contributed by atoms with van der Waals surface area (Å²) in [6.45, 7) is 3.20. The molecule has 26 heavy (non-hydrogen) atoms. The highest BCUT2D eigenvalue weighted by Crippen LogP contribution is 2.30. The molecule has 6 nitrogen and oxygen atoms in total. The second kappa shape index (κ2) is 12.1. The molecule has 0 amide bonds. The molecular weight excluding hydrogens is 356 g/mol. The summed E-state index contributed by atoms with van der Waals surface area (Å²) >= 11 is 6.37. The van der Waals surface area contributed by atoms with Crippen molar-refractivity contribution in [2.24, 2.45) is 0 Å². The Kier molecular flexibility index (Phi) is 10.1. The summed E-state index contributed by atoms with van der Waals surface area (Å²) in [5, 5.41) is 15.7. The van der Waals surface area contributed by atoms with Gasteiger partial charge < -0.3 is 14.8 Å². The molecular formula is C19H25ClN2O4. The van der Waals surface area contributed by atoms with Crippen LogP contribution in [0.4, 0.5) is 0 Å². The van der Waals surface area contributed by atoms with Crippen LogP contribution < -0.4 is 0 Å². The molecule has 1 aromatic carbocycles. The van der Waals surface area contributed by atoms with Gasteiger partial charge in [0.05, 0.1) is 6.33 Å². The summed E-state index contributed by atoms with van der Waals surface area (Å²) in [5.41, 5.74) is 1.26. The summed E-state index contributed by atoms with van der Waals surface area (Å²) in [6.07, 6.45) is 12.1. The van der Waals surface area contributed by atoms with E-state index in [9.17, 15) is 0 Å². The molecule has 0 saturated heterocycles. The van der Waals surface area contributed by atoms with Crippen LogP contribution in [-0.4, -0.2) is 31.7 Å². The number of hydrogen-bond acceptors (Lipinski definition) is 3. The Labute approximate surface area is 158 Å². The first-order chi connectivity index (χ1) is 12.5. The Balaban J connectivity index is 0.000000487. The molecule has 0 aliphatic rings. The molecule has 2 N–H and O–H groups in total. The molecule has 1 unspecified atom stereocenters. The van der Waals surface area contributed by atoms with Crippen LogP contribution in [0.2, 0.25) is 5.02 Å². The zero-order valence-electron chi connectivity index (χ0n) is 14.8. The lowest BCUT2D eigenvalue weighted by molar-refractivity contribution is -0.159. The van der Waals surface area contributed by atoms with Crippen LogP contribution in [0.15, 0.2) is 43.0 Å². The maximum absolute atomic E-state index is 9.10. The van der Waals surface area contributed by atoms with Gasteiger partial charge in [-0.1, -0.05) is 62.4 Å². The predicted molar refractivity (Wildman–Crippen MR) is 100 cm³/mol. The van der Waals surface area contributed by atoms with E-state index in [1.807, 2.05) is 30.9 Å². The Morgan fingerprint density at radius 3 is 2.38 bits per heavy atom. The van der Waals surface area contributed by atoms with Gasteiger partial charge in [-0.25, -0.2) is 14.6 Å². The van der Waals surface area contributed by atoms with E-state index in [0.29, 0.717) is 5.92 Å². The second-order valence-electron chi connectivity index (χ2n) is 5.94. The van der Waals surface area contributed by atoms with Crippen LogP contribution in [0.3, 0.4) is 0 Å². The number of carbonyl (C=O) groups is 2. The second-order valence-corrected chi connectivity index (χ2v) is 6.34. The number of imidazole rings is 1. The minimum absolute atomic E-state index is 0.467. The fourth-order valence-electron chi connectivity index (χ4n) is 2.62. The number of unbranched alkanes of at least 4 members (excludes halogenated alkanes) is 3. The number of rotatable bonds is 8. The average Bonchev–Trinajstić information content (AvgIpc) is 3.12. The number of aliphatic carboxylic acids is 2. The lowest BCUT2D eigenvalue weighted by Crippen LogP contribution is -2.09. The van der Waals surface area contributed by atoms with Gasteiger partial charge in [-0.2, -0.15) is 0 Å². The van der Waals surface area contributed by atoms with Crippen molar-refractivity contribution < 1.29 is 19.8 Å². The van der Waals surface area contributed by atoms with E-state index in [0.717, 1.165) is 11.6 Å². The van der Waals surface area contributed by atoms with E-state index in [1.54, 1.807) is 0 Å². The molecule has 0 radical (unpaired) electrons. The van der Waals surface area contributed by atoms with Gasteiger partial charge >= 0.3 is 11.9 Å². The van der Waals surface area contributed by atoms with Gasteiger partial charge in [0, 0.05) is 29.9 Å². The summed E-state index contributed by atoms with van der Waals surface area (Å²) in [5.74, 6) is -3.18. The number of carboxylic acid groups (broad SMARTS) is 2. The fraction of sp³-hybridized carbons (Fsp3) is 0.421. The van der Waals surface area contributed by atoms with Crippen LogP contribution in [0.25, 0.3) is 0 Å². The molecule has 2 aromatic rings. The Morgan fingerprint density at radius 2 is 1.85 bits per heavy atom. The van der Waals surface area contributed by atoms with Crippen molar-refractivity contribution in [1.82, 2.24) is 9.55 Å². The van der Waals surface area contributed by atoms with Crippen molar-refractivity contribution in [3.05, 3.63) is 53.6 Å². The quantitative estimate of drug-likeness (QED) is 0.521. The topological polar surface area (TPSA) is 92.4 Å². The average molecular weight is 381 g/mol. The number of nitrogens with zero attached hydrogens (tertiary/aromatic N) is 2. The molecule has 0 saturated carbocycles. The summed E-state index contributed by atoms with van der Waals surface area (Å²) < 4.78 is 2.15. The zero-order chi connectivity index (χ0) is 19.4. The lowest BCUT2D eigenvalue weighted by Gasteiger charge is -2.19. The SMILES string of the molecule is CCCCCCC(Cn1ccnc1)c1ccccc1Cl.O=C(O)C(=O)O. The molecule has 0 aliphatic carbocycles. The van der Waals surface area contributed by atoms with Gasteiger partial charge in [0.15, 0.2) is 0 Å². The van der Waals surface area contributed by atoms with Gasteiger partial charge in [-0.15, -0.1) is 0 Å². The summed E-state index contributed by atoms with van der Waals surface area (Å²) in [7, 11) is 0. The normalized spacial score (nSPS) is 11.3. The minimum Gasteiger partial charge on any atom is -0.473 e. The van der Waals surface area contributed by atoms with Crippen molar-refractivity contribution in [2.45, 2.75) is 51.5 Å². The highest BCUT2D eigenvalue weighted by Gasteiger charge is 2.14. The zero-order valence-corrected chi connectivity index (χ0v) is 15.6. The van der Waals surface area contributed by atoms with Crippen molar-refractivity contribution in [2.75, 3.05) is 0 Å². The van der Waals surface area contributed by atoms with Gasteiger partial charge in [0.25, 0.3) is 0 Å². The van der Waals surface area contributed by atoms with Crippen LogP contribution in [-0.2, 0) is 16.1 Å². The van der Waals surface area contributed by atoms with Gasteiger partial charge in [-0.3, -0.25) is 0 Å². The third-order valence-electron chi connectivity index (χ3n) is 3.92. The smallest absolute Gasteiger partial charge is 0.414 e. The van der Waals surface area contributed by atoms with Crippen LogP contribution in [0.5, 0.6) is 0 Å². The van der Waals surface area contributed by atoms with E-state index in [4.69, 9.17) is 31.4 Å². The van der Waals surface area contributed by atoms with Crippen molar-refractivity contribution in [3.8, 4) is 0 Å². The molecule has 0 bridgehead atoms. The number of aromatic nitrogens is 2. The van der Waals surface area contributed by atoms with Crippen LogP contribution >= 0.6 is 11.6 Å². The number of halogens is 1. The maximum atomic E-state index is 9.10. The first-order valence-corrected chi connectivity index (χ1v) is 8.99. The number of hydrogen-bond donors (Lipinski definition) is 2. The highest BCUT2D eigenvalue weighted by molar-refractivity contribution is 6.31. The van der Waals surface area contributed by atoms with Crippen molar-refractivity contribution >= 4 is 23.5 Å². The molecule has 1 atom stereocenters.